The zero-order valence-electron chi connectivity index (χ0n) is 10.4. The first kappa shape index (κ1) is 14.1. The van der Waals surface area contributed by atoms with Gasteiger partial charge in [0.25, 0.3) is 5.69 Å². The van der Waals surface area contributed by atoms with E-state index in [1.807, 2.05) is 4.90 Å². The lowest BCUT2D eigenvalue weighted by atomic mass is 10.1. The van der Waals surface area contributed by atoms with E-state index in [-0.39, 0.29) is 5.69 Å². The van der Waals surface area contributed by atoms with E-state index in [2.05, 4.69) is 0 Å². The van der Waals surface area contributed by atoms with E-state index >= 15 is 0 Å². The molecule has 1 rings (SSSR count). The number of benzene rings is 1. The molecule has 0 aromatic heterocycles. The second kappa shape index (κ2) is 6.11. The normalized spacial score (nSPS) is 12.4. The van der Waals surface area contributed by atoms with Gasteiger partial charge in [0.2, 0.25) is 0 Å². The topological polar surface area (TPSA) is 83.7 Å². The zero-order valence-corrected chi connectivity index (χ0v) is 10.4. The molecule has 18 heavy (non-hydrogen) atoms. The molecule has 0 aliphatic rings. The van der Waals surface area contributed by atoms with Crippen LogP contribution in [-0.4, -0.2) is 34.5 Å². The molecule has 6 heteroatoms. The third kappa shape index (κ3) is 4.14. The highest BCUT2D eigenvalue weighted by Crippen LogP contribution is 2.14. The van der Waals surface area contributed by atoms with Crippen LogP contribution in [0.15, 0.2) is 24.3 Å². The van der Waals surface area contributed by atoms with Crippen LogP contribution in [0, 0.1) is 16.0 Å². The van der Waals surface area contributed by atoms with Crippen LogP contribution in [0.25, 0.3) is 0 Å². The van der Waals surface area contributed by atoms with Crippen LogP contribution in [0.3, 0.4) is 0 Å². The molecule has 0 spiro atoms. The van der Waals surface area contributed by atoms with Gasteiger partial charge in [-0.1, -0.05) is 19.1 Å². The molecule has 0 radical (unpaired) electrons. The fraction of sp³-hybridized carbons (Fsp3) is 0.417. The Bertz CT molecular complexity index is 447. The minimum absolute atomic E-state index is 0.0483. The number of aliphatic carboxylic acids is 1. The highest BCUT2D eigenvalue weighted by atomic mass is 16.6. The number of hydrogen-bond donors (Lipinski definition) is 1. The molecule has 0 saturated heterocycles. The van der Waals surface area contributed by atoms with Crippen molar-refractivity contribution >= 4 is 11.7 Å². The molecule has 98 valence electrons. The Labute approximate surface area is 105 Å². The van der Waals surface area contributed by atoms with Crippen molar-refractivity contribution in [2.45, 2.75) is 13.5 Å². The maximum Gasteiger partial charge on any atom is 0.307 e. The third-order valence-electron chi connectivity index (χ3n) is 2.58. The molecule has 1 aromatic rings. The highest BCUT2D eigenvalue weighted by Gasteiger charge is 2.14. The van der Waals surface area contributed by atoms with Gasteiger partial charge in [-0.25, -0.2) is 0 Å². The van der Waals surface area contributed by atoms with Crippen LogP contribution >= 0.6 is 0 Å². The first-order valence-corrected chi connectivity index (χ1v) is 5.55. The highest BCUT2D eigenvalue weighted by molar-refractivity contribution is 5.69. The molecule has 0 aliphatic heterocycles. The average Bonchev–Trinajstić information content (AvgIpc) is 2.28. The average molecular weight is 252 g/mol. The van der Waals surface area contributed by atoms with Gasteiger partial charge in [-0.2, -0.15) is 0 Å². The van der Waals surface area contributed by atoms with Gasteiger partial charge in [-0.15, -0.1) is 0 Å². The van der Waals surface area contributed by atoms with Crippen molar-refractivity contribution in [1.29, 1.82) is 0 Å². The molecule has 1 aromatic carbocycles. The molecule has 6 nitrogen and oxygen atoms in total. The van der Waals surface area contributed by atoms with Crippen molar-refractivity contribution < 1.29 is 14.8 Å². The molecule has 0 saturated carbocycles. The smallest absolute Gasteiger partial charge is 0.307 e. The van der Waals surface area contributed by atoms with Gasteiger partial charge in [-0.3, -0.25) is 14.9 Å². The summed E-state index contributed by atoms with van der Waals surface area (Å²) in [5.74, 6) is -1.31. The van der Waals surface area contributed by atoms with E-state index in [0.29, 0.717) is 13.1 Å². The fourth-order valence-corrected chi connectivity index (χ4v) is 1.69. The first-order valence-electron chi connectivity index (χ1n) is 5.55. The Morgan fingerprint density at radius 2 is 2.22 bits per heavy atom. The fourth-order valence-electron chi connectivity index (χ4n) is 1.69. The van der Waals surface area contributed by atoms with Gasteiger partial charge in [0.15, 0.2) is 0 Å². The van der Waals surface area contributed by atoms with Gasteiger partial charge in [0.1, 0.15) is 0 Å². The molecule has 1 N–H and O–H groups in total. The lowest BCUT2D eigenvalue weighted by molar-refractivity contribution is -0.384. The minimum atomic E-state index is -0.846. The van der Waals surface area contributed by atoms with Crippen LogP contribution < -0.4 is 0 Å². The van der Waals surface area contributed by atoms with E-state index in [0.717, 1.165) is 5.56 Å². The maximum absolute atomic E-state index is 10.7. The van der Waals surface area contributed by atoms with E-state index in [9.17, 15) is 14.9 Å². The summed E-state index contributed by atoms with van der Waals surface area (Å²) < 4.78 is 0. The van der Waals surface area contributed by atoms with Crippen molar-refractivity contribution in [3.63, 3.8) is 0 Å². The van der Waals surface area contributed by atoms with Gasteiger partial charge >= 0.3 is 5.97 Å². The largest absolute Gasteiger partial charge is 0.481 e. The molecule has 0 amide bonds. The summed E-state index contributed by atoms with van der Waals surface area (Å²) in [6, 6.07) is 6.35. The van der Waals surface area contributed by atoms with Crippen LogP contribution in [-0.2, 0) is 11.3 Å². The molecule has 0 bridgehead atoms. The zero-order chi connectivity index (χ0) is 13.7. The molecule has 1 unspecified atom stereocenters. The summed E-state index contributed by atoms with van der Waals surface area (Å²) in [5, 5.41) is 19.4. The Balaban J connectivity index is 2.64. The van der Waals surface area contributed by atoms with Gasteiger partial charge in [0, 0.05) is 25.2 Å². The predicted molar refractivity (Wildman–Crippen MR) is 66.2 cm³/mol. The van der Waals surface area contributed by atoms with Gasteiger partial charge in [-0.05, 0) is 12.6 Å². The van der Waals surface area contributed by atoms with E-state index < -0.39 is 16.8 Å². The quantitative estimate of drug-likeness (QED) is 0.616. The number of rotatable bonds is 6. The molecule has 0 fully saturated rings. The van der Waals surface area contributed by atoms with Crippen molar-refractivity contribution in [3.8, 4) is 0 Å². The summed E-state index contributed by atoms with van der Waals surface area (Å²) >= 11 is 0. The SMILES string of the molecule is CC(CN(C)Cc1cccc([N+](=O)[O-])c1)C(=O)O. The third-order valence-corrected chi connectivity index (χ3v) is 2.58. The molecular weight excluding hydrogens is 236 g/mol. The van der Waals surface area contributed by atoms with Gasteiger partial charge < -0.3 is 10.0 Å². The Morgan fingerprint density at radius 3 is 2.78 bits per heavy atom. The van der Waals surface area contributed by atoms with Crippen molar-refractivity contribution in [2.24, 2.45) is 5.92 Å². The summed E-state index contributed by atoms with van der Waals surface area (Å²) in [5.41, 5.74) is 0.844. The first-order chi connectivity index (χ1) is 8.40. The molecule has 0 aliphatic carbocycles. The second-order valence-electron chi connectivity index (χ2n) is 4.36. The van der Waals surface area contributed by atoms with Crippen LogP contribution in [0.2, 0.25) is 0 Å². The Morgan fingerprint density at radius 1 is 1.56 bits per heavy atom. The maximum atomic E-state index is 10.7. The van der Waals surface area contributed by atoms with Gasteiger partial charge in [0.05, 0.1) is 10.8 Å². The Hall–Kier alpha value is -1.95. The number of non-ortho nitro benzene ring substituents is 1. The predicted octanol–water partition coefficient (Wildman–Crippen LogP) is 1.75. The number of carbonyl (C=O) groups is 1. The standard InChI is InChI=1S/C12H16N2O4/c1-9(12(15)16)7-13(2)8-10-4-3-5-11(6-10)14(17)18/h3-6,9H,7-8H2,1-2H3,(H,15,16). The number of carboxylic acid groups (broad SMARTS) is 1. The van der Waals surface area contributed by atoms with Crippen molar-refractivity contribution in [2.75, 3.05) is 13.6 Å². The van der Waals surface area contributed by atoms with Crippen molar-refractivity contribution in [1.82, 2.24) is 4.90 Å². The molecule has 0 heterocycles. The summed E-state index contributed by atoms with van der Waals surface area (Å²) in [4.78, 5) is 22.7. The number of nitro benzene ring substituents is 1. The number of carboxylic acids is 1. The minimum Gasteiger partial charge on any atom is -0.481 e. The van der Waals surface area contributed by atoms with Crippen molar-refractivity contribution in [3.05, 3.63) is 39.9 Å². The van der Waals surface area contributed by atoms with E-state index in [1.165, 1.54) is 12.1 Å². The number of hydrogen-bond acceptors (Lipinski definition) is 4. The summed E-state index contributed by atoms with van der Waals surface area (Å²) in [7, 11) is 1.79. The lowest BCUT2D eigenvalue weighted by Crippen LogP contribution is -2.28. The summed E-state index contributed by atoms with van der Waals surface area (Å²) in [6.07, 6.45) is 0. The summed E-state index contributed by atoms with van der Waals surface area (Å²) in [6.45, 7) is 2.52. The number of nitrogens with zero attached hydrogens (tertiary/aromatic N) is 2. The Kier molecular flexibility index (Phi) is 4.79. The molecular formula is C12H16N2O4. The van der Waals surface area contributed by atoms with E-state index in [1.54, 1.807) is 26.1 Å². The van der Waals surface area contributed by atoms with Crippen LogP contribution in [0.4, 0.5) is 5.69 Å². The number of nitro groups is 1. The second-order valence-corrected chi connectivity index (χ2v) is 4.36. The lowest BCUT2D eigenvalue weighted by Gasteiger charge is -2.18. The van der Waals surface area contributed by atoms with E-state index in [4.69, 9.17) is 5.11 Å². The monoisotopic (exact) mass is 252 g/mol. The molecule has 1 atom stereocenters. The van der Waals surface area contributed by atoms with Crippen LogP contribution in [0.1, 0.15) is 12.5 Å². The van der Waals surface area contributed by atoms with Crippen LogP contribution in [0.5, 0.6) is 0 Å².